The SMILES string of the molecule is COc1cc(OC)nc(Oc2ccccc2CNc2ccc(C)cn2)n1. The predicted molar refractivity (Wildman–Crippen MR) is 98.0 cm³/mol. The largest absolute Gasteiger partial charge is 0.481 e. The minimum atomic E-state index is 0.155. The number of anilines is 1. The summed E-state index contributed by atoms with van der Waals surface area (Å²) in [6.45, 7) is 2.55. The predicted octanol–water partition coefficient (Wildman–Crippen LogP) is 3.60. The second-order valence-electron chi connectivity index (χ2n) is 5.52. The van der Waals surface area contributed by atoms with E-state index in [2.05, 4.69) is 20.3 Å². The fourth-order valence-corrected chi connectivity index (χ4v) is 2.24. The van der Waals surface area contributed by atoms with Crippen molar-refractivity contribution in [1.29, 1.82) is 0 Å². The van der Waals surface area contributed by atoms with Crippen molar-refractivity contribution in [3.05, 3.63) is 59.8 Å². The van der Waals surface area contributed by atoms with Crippen molar-refractivity contribution in [2.45, 2.75) is 13.5 Å². The third-order valence-corrected chi connectivity index (χ3v) is 3.62. The number of methoxy groups -OCH3 is 2. The van der Waals surface area contributed by atoms with Crippen LogP contribution in [-0.4, -0.2) is 29.2 Å². The number of rotatable bonds is 7. The van der Waals surface area contributed by atoms with Crippen LogP contribution in [0.2, 0.25) is 0 Å². The minimum absolute atomic E-state index is 0.155. The van der Waals surface area contributed by atoms with Crippen molar-refractivity contribution in [3.8, 4) is 23.5 Å². The van der Waals surface area contributed by atoms with Crippen molar-refractivity contribution in [2.24, 2.45) is 0 Å². The lowest BCUT2D eigenvalue weighted by Gasteiger charge is -2.12. The number of ether oxygens (including phenoxy) is 3. The second kappa shape index (κ2) is 8.15. The van der Waals surface area contributed by atoms with Crippen LogP contribution < -0.4 is 19.5 Å². The maximum atomic E-state index is 5.86. The van der Waals surface area contributed by atoms with E-state index in [9.17, 15) is 0 Å². The maximum absolute atomic E-state index is 5.86. The van der Waals surface area contributed by atoms with Crippen molar-refractivity contribution >= 4 is 5.82 Å². The van der Waals surface area contributed by atoms with Gasteiger partial charge in [-0.05, 0) is 24.6 Å². The monoisotopic (exact) mass is 352 g/mol. The molecule has 0 saturated carbocycles. The molecule has 0 spiro atoms. The molecule has 1 aromatic carbocycles. The van der Waals surface area contributed by atoms with Crippen LogP contribution in [0, 0.1) is 6.92 Å². The van der Waals surface area contributed by atoms with Gasteiger partial charge >= 0.3 is 6.01 Å². The van der Waals surface area contributed by atoms with E-state index in [1.54, 1.807) is 6.07 Å². The summed E-state index contributed by atoms with van der Waals surface area (Å²) in [6, 6.07) is 13.3. The van der Waals surface area contributed by atoms with Crippen LogP contribution in [0.4, 0.5) is 5.82 Å². The van der Waals surface area contributed by atoms with Crippen molar-refractivity contribution < 1.29 is 14.2 Å². The molecule has 0 radical (unpaired) electrons. The smallest absolute Gasteiger partial charge is 0.328 e. The highest BCUT2D eigenvalue weighted by molar-refractivity contribution is 5.41. The molecule has 0 saturated heterocycles. The van der Waals surface area contributed by atoms with E-state index < -0.39 is 0 Å². The highest BCUT2D eigenvalue weighted by atomic mass is 16.5. The summed E-state index contributed by atoms with van der Waals surface area (Å²) in [5.74, 6) is 2.17. The summed E-state index contributed by atoms with van der Waals surface area (Å²) in [6.07, 6.45) is 1.82. The molecule has 7 nitrogen and oxygen atoms in total. The zero-order chi connectivity index (χ0) is 18.4. The number of aromatic nitrogens is 3. The number of hydrogen-bond donors (Lipinski definition) is 1. The van der Waals surface area contributed by atoms with Crippen LogP contribution in [0.5, 0.6) is 23.5 Å². The van der Waals surface area contributed by atoms with Crippen molar-refractivity contribution in [2.75, 3.05) is 19.5 Å². The Kier molecular flexibility index (Phi) is 5.48. The van der Waals surface area contributed by atoms with Gasteiger partial charge in [-0.25, -0.2) is 4.98 Å². The Morgan fingerprint density at radius 1 is 0.962 bits per heavy atom. The lowest BCUT2D eigenvalue weighted by molar-refractivity contribution is 0.347. The maximum Gasteiger partial charge on any atom is 0.328 e. The summed E-state index contributed by atoms with van der Waals surface area (Å²) in [7, 11) is 3.05. The third-order valence-electron chi connectivity index (χ3n) is 3.62. The van der Waals surface area contributed by atoms with E-state index in [4.69, 9.17) is 14.2 Å². The minimum Gasteiger partial charge on any atom is -0.481 e. The van der Waals surface area contributed by atoms with E-state index >= 15 is 0 Å². The standard InChI is InChI=1S/C19H20N4O3/c1-13-8-9-16(20-11-13)21-12-14-6-4-5-7-15(14)26-19-22-17(24-2)10-18(23-19)25-3/h4-11H,12H2,1-3H3,(H,20,21). The molecular weight excluding hydrogens is 332 g/mol. The number of pyridine rings is 1. The van der Waals surface area contributed by atoms with Gasteiger partial charge in [0.2, 0.25) is 11.8 Å². The van der Waals surface area contributed by atoms with E-state index in [1.165, 1.54) is 14.2 Å². The number of para-hydroxylation sites is 1. The van der Waals surface area contributed by atoms with Crippen LogP contribution in [0.15, 0.2) is 48.7 Å². The average molecular weight is 352 g/mol. The number of aryl methyl sites for hydroxylation is 1. The van der Waals surface area contributed by atoms with Crippen LogP contribution in [0.3, 0.4) is 0 Å². The van der Waals surface area contributed by atoms with Gasteiger partial charge in [-0.15, -0.1) is 0 Å². The first kappa shape index (κ1) is 17.5. The lowest BCUT2D eigenvalue weighted by Crippen LogP contribution is -2.04. The summed E-state index contributed by atoms with van der Waals surface area (Å²) in [4.78, 5) is 12.7. The van der Waals surface area contributed by atoms with Crippen LogP contribution in [0.1, 0.15) is 11.1 Å². The van der Waals surface area contributed by atoms with Gasteiger partial charge in [-0.3, -0.25) is 0 Å². The number of benzene rings is 1. The summed E-state index contributed by atoms with van der Waals surface area (Å²) in [5.41, 5.74) is 2.06. The molecule has 0 aliphatic heterocycles. The zero-order valence-corrected chi connectivity index (χ0v) is 14.9. The van der Waals surface area contributed by atoms with E-state index in [0.717, 1.165) is 16.9 Å². The van der Waals surface area contributed by atoms with Gasteiger partial charge in [0.25, 0.3) is 0 Å². The Bertz CT molecular complexity index is 847. The fourth-order valence-electron chi connectivity index (χ4n) is 2.24. The highest BCUT2D eigenvalue weighted by Crippen LogP contribution is 2.26. The normalized spacial score (nSPS) is 10.3. The first-order valence-electron chi connectivity index (χ1n) is 8.07. The Labute approximate surface area is 152 Å². The summed E-state index contributed by atoms with van der Waals surface area (Å²) in [5, 5.41) is 3.28. The molecule has 2 aromatic heterocycles. The number of hydrogen-bond acceptors (Lipinski definition) is 7. The lowest BCUT2D eigenvalue weighted by atomic mass is 10.2. The van der Waals surface area contributed by atoms with Gasteiger partial charge < -0.3 is 19.5 Å². The van der Waals surface area contributed by atoms with Gasteiger partial charge in [0.1, 0.15) is 11.6 Å². The average Bonchev–Trinajstić information content (AvgIpc) is 2.68. The topological polar surface area (TPSA) is 78.4 Å². The molecule has 0 amide bonds. The first-order chi connectivity index (χ1) is 12.7. The Morgan fingerprint density at radius 2 is 1.69 bits per heavy atom. The highest BCUT2D eigenvalue weighted by Gasteiger charge is 2.10. The molecule has 0 bridgehead atoms. The fraction of sp³-hybridized carbons (Fsp3) is 0.211. The Balaban J connectivity index is 1.77. The van der Waals surface area contributed by atoms with Gasteiger partial charge in [-0.1, -0.05) is 24.3 Å². The Morgan fingerprint density at radius 3 is 2.35 bits per heavy atom. The molecule has 0 aliphatic rings. The molecule has 7 heteroatoms. The van der Waals surface area contributed by atoms with Gasteiger partial charge in [0, 0.05) is 18.3 Å². The number of nitrogens with one attached hydrogen (secondary N) is 1. The molecule has 134 valence electrons. The van der Waals surface area contributed by atoms with Crippen LogP contribution >= 0.6 is 0 Å². The molecule has 26 heavy (non-hydrogen) atoms. The second-order valence-corrected chi connectivity index (χ2v) is 5.52. The first-order valence-corrected chi connectivity index (χ1v) is 8.07. The van der Waals surface area contributed by atoms with E-state index in [-0.39, 0.29) is 6.01 Å². The third kappa shape index (κ3) is 4.38. The van der Waals surface area contributed by atoms with Crippen molar-refractivity contribution in [1.82, 2.24) is 15.0 Å². The molecule has 3 aromatic rings. The number of nitrogens with zero attached hydrogens (tertiary/aromatic N) is 3. The molecule has 0 atom stereocenters. The quantitative estimate of drug-likeness (QED) is 0.696. The molecule has 0 unspecified atom stereocenters. The van der Waals surface area contributed by atoms with Gasteiger partial charge in [-0.2, -0.15) is 9.97 Å². The molecule has 0 aliphatic carbocycles. The van der Waals surface area contributed by atoms with E-state index in [0.29, 0.717) is 24.1 Å². The molecule has 3 rings (SSSR count). The van der Waals surface area contributed by atoms with E-state index in [1.807, 2.05) is 49.5 Å². The zero-order valence-electron chi connectivity index (χ0n) is 14.9. The molecule has 1 N–H and O–H groups in total. The summed E-state index contributed by atoms with van der Waals surface area (Å²) >= 11 is 0. The molecule has 2 heterocycles. The van der Waals surface area contributed by atoms with Crippen LogP contribution in [0.25, 0.3) is 0 Å². The van der Waals surface area contributed by atoms with Gasteiger partial charge in [0.15, 0.2) is 0 Å². The van der Waals surface area contributed by atoms with Crippen LogP contribution in [-0.2, 0) is 6.54 Å². The Hall–Kier alpha value is -3.35. The summed E-state index contributed by atoms with van der Waals surface area (Å²) < 4.78 is 16.2. The molecular formula is C19H20N4O3. The molecule has 0 fully saturated rings. The van der Waals surface area contributed by atoms with Crippen molar-refractivity contribution in [3.63, 3.8) is 0 Å². The van der Waals surface area contributed by atoms with Gasteiger partial charge in [0.05, 0.1) is 20.3 Å².